The third kappa shape index (κ3) is 8.11. The van der Waals surface area contributed by atoms with Crippen LogP contribution in [0.5, 0.6) is 23.1 Å². The number of carbonyl (C=O) groups excluding carboxylic acids is 2. The standard InChI is InChI=1S/C32H38FN7O6/c1-31(2,3)37-29(42)40-14-11-27(38-40)45-20-7-8-23(22(33)15-20)36-28-21-16-26(25(41)17-24(21)34-18-35-28)44-19-9-12-39(13-10-19)30(43)46-32(4,5)6/h7-8,11,14-19,41H,9-10,12-13H2,1-6H3,(H,37,42)(H,34,35,36). The number of ether oxygens (including phenoxy) is 3. The normalized spacial score (nSPS) is 14.2. The van der Waals surface area contributed by atoms with Gasteiger partial charge in [-0.1, -0.05) is 0 Å². The van der Waals surface area contributed by atoms with E-state index >= 15 is 4.39 Å². The molecule has 0 aliphatic carbocycles. The molecule has 0 atom stereocenters. The Morgan fingerprint density at radius 3 is 2.43 bits per heavy atom. The third-order valence-corrected chi connectivity index (χ3v) is 6.77. The Morgan fingerprint density at radius 2 is 1.76 bits per heavy atom. The fourth-order valence-electron chi connectivity index (χ4n) is 4.69. The molecule has 1 saturated heterocycles. The molecule has 244 valence electrons. The Morgan fingerprint density at radius 1 is 1.02 bits per heavy atom. The van der Waals surface area contributed by atoms with Gasteiger partial charge >= 0.3 is 12.1 Å². The van der Waals surface area contributed by atoms with Crippen LogP contribution in [0.3, 0.4) is 0 Å². The SMILES string of the molecule is CC(C)(C)NC(=O)n1ccc(Oc2ccc(Nc3ncnc4cc(O)c(OC5CCN(C(=O)OC(C)(C)C)CC5)cc34)c(F)c2)n1. The molecule has 1 aliphatic heterocycles. The Labute approximate surface area is 265 Å². The number of likely N-dealkylation sites (tertiary alicyclic amines) is 1. The molecule has 0 spiro atoms. The number of rotatable bonds is 6. The molecular formula is C32H38FN7O6. The fraction of sp³-hybridized carbons (Fsp3) is 0.406. The first kappa shape index (κ1) is 32.3. The van der Waals surface area contributed by atoms with Gasteiger partial charge in [-0.25, -0.2) is 23.9 Å². The number of hydrogen-bond donors (Lipinski definition) is 3. The first-order chi connectivity index (χ1) is 21.6. The number of carbonyl (C=O) groups is 2. The van der Waals surface area contributed by atoms with Gasteiger partial charge in [0.1, 0.15) is 35.4 Å². The summed E-state index contributed by atoms with van der Waals surface area (Å²) in [5.74, 6) is 0.0924. The van der Waals surface area contributed by atoms with E-state index in [1.165, 1.54) is 36.8 Å². The molecule has 1 fully saturated rings. The predicted molar refractivity (Wildman–Crippen MR) is 168 cm³/mol. The van der Waals surface area contributed by atoms with Crippen LogP contribution in [0.4, 0.5) is 25.5 Å². The van der Waals surface area contributed by atoms with Crippen molar-refractivity contribution in [3.8, 4) is 23.1 Å². The summed E-state index contributed by atoms with van der Waals surface area (Å²) in [4.78, 5) is 34.9. The summed E-state index contributed by atoms with van der Waals surface area (Å²) in [5.41, 5.74) is -0.477. The summed E-state index contributed by atoms with van der Waals surface area (Å²) in [6.45, 7) is 11.9. The number of fused-ring (bicyclic) bond motifs is 1. The van der Waals surface area contributed by atoms with Crippen LogP contribution in [0.1, 0.15) is 54.4 Å². The molecule has 3 heterocycles. The summed E-state index contributed by atoms with van der Waals surface area (Å²) in [6, 6.07) is 8.36. The van der Waals surface area contributed by atoms with Gasteiger partial charge in [0, 0.05) is 61.3 Å². The molecule has 0 bridgehead atoms. The number of aromatic hydroxyl groups is 1. The molecule has 4 aromatic rings. The second-order valence-corrected chi connectivity index (χ2v) is 13.0. The van der Waals surface area contributed by atoms with Crippen molar-refractivity contribution in [1.29, 1.82) is 0 Å². The number of amides is 2. The van der Waals surface area contributed by atoms with E-state index in [-0.39, 0.29) is 41.0 Å². The largest absolute Gasteiger partial charge is 0.504 e. The Balaban J connectivity index is 1.26. The molecule has 3 N–H and O–H groups in total. The van der Waals surface area contributed by atoms with Gasteiger partial charge in [-0.3, -0.25) is 0 Å². The van der Waals surface area contributed by atoms with Crippen molar-refractivity contribution >= 4 is 34.5 Å². The van der Waals surface area contributed by atoms with Crippen LogP contribution >= 0.6 is 0 Å². The molecule has 0 saturated carbocycles. The smallest absolute Gasteiger partial charge is 0.410 e. The first-order valence-corrected chi connectivity index (χ1v) is 14.9. The average Bonchev–Trinajstić information content (AvgIpc) is 3.42. The molecule has 5 rings (SSSR count). The Kier molecular flexibility index (Phi) is 8.90. The highest BCUT2D eigenvalue weighted by Crippen LogP contribution is 2.36. The van der Waals surface area contributed by atoms with Crippen molar-refractivity contribution in [2.75, 3.05) is 18.4 Å². The Bertz CT molecular complexity index is 1740. The molecule has 1 aliphatic rings. The lowest BCUT2D eigenvalue weighted by Gasteiger charge is -2.33. The van der Waals surface area contributed by atoms with Gasteiger partial charge in [0.05, 0.1) is 11.2 Å². The van der Waals surface area contributed by atoms with Crippen LogP contribution in [0.25, 0.3) is 10.9 Å². The highest BCUT2D eigenvalue weighted by atomic mass is 19.1. The summed E-state index contributed by atoms with van der Waals surface area (Å²) in [5, 5.41) is 21.0. The molecular weight excluding hydrogens is 597 g/mol. The zero-order valence-corrected chi connectivity index (χ0v) is 26.6. The highest BCUT2D eigenvalue weighted by molar-refractivity contribution is 5.93. The van der Waals surface area contributed by atoms with Gasteiger partial charge in [0.25, 0.3) is 0 Å². The molecule has 0 unspecified atom stereocenters. The number of aromatic nitrogens is 4. The number of nitrogens with zero attached hydrogens (tertiary/aromatic N) is 5. The van der Waals surface area contributed by atoms with Crippen molar-refractivity contribution in [1.82, 2.24) is 30.0 Å². The summed E-state index contributed by atoms with van der Waals surface area (Å²) in [7, 11) is 0. The first-order valence-electron chi connectivity index (χ1n) is 14.9. The number of benzene rings is 2. The summed E-state index contributed by atoms with van der Waals surface area (Å²) < 4.78 is 33.6. The van der Waals surface area contributed by atoms with Gasteiger partial charge < -0.3 is 34.9 Å². The van der Waals surface area contributed by atoms with E-state index < -0.39 is 23.0 Å². The lowest BCUT2D eigenvalue weighted by Crippen LogP contribution is -2.44. The Hall–Kier alpha value is -5.14. The molecule has 46 heavy (non-hydrogen) atoms. The number of halogens is 1. The van der Waals surface area contributed by atoms with Crippen molar-refractivity contribution < 1.29 is 33.3 Å². The maximum atomic E-state index is 15.2. The van der Waals surface area contributed by atoms with E-state index in [0.29, 0.717) is 42.7 Å². The number of anilines is 2. The van der Waals surface area contributed by atoms with Crippen LogP contribution in [-0.4, -0.2) is 72.2 Å². The van der Waals surface area contributed by atoms with E-state index in [2.05, 4.69) is 25.7 Å². The topological polar surface area (TPSA) is 153 Å². The lowest BCUT2D eigenvalue weighted by atomic mass is 10.1. The second kappa shape index (κ2) is 12.7. The molecule has 0 radical (unpaired) electrons. The number of phenolic OH excluding ortho intramolecular Hbond substituents is 1. The van der Waals surface area contributed by atoms with Crippen LogP contribution < -0.4 is 20.1 Å². The molecule has 2 aromatic heterocycles. The second-order valence-electron chi connectivity index (χ2n) is 13.0. The van der Waals surface area contributed by atoms with Gasteiger partial charge in [0.2, 0.25) is 5.88 Å². The van der Waals surface area contributed by atoms with Gasteiger partial charge in [-0.2, -0.15) is 4.68 Å². The van der Waals surface area contributed by atoms with Gasteiger partial charge in [-0.15, -0.1) is 5.10 Å². The van der Waals surface area contributed by atoms with E-state index in [1.807, 2.05) is 41.5 Å². The zero-order valence-electron chi connectivity index (χ0n) is 26.6. The maximum Gasteiger partial charge on any atom is 0.410 e. The van der Waals surface area contributed by atoms with Crippen LogP contribution in [-0.2, 0) is 4.74 Å². The molecule has 13 nitrogen and oxygen atoms in total. The molecule has 2 amide bonds. The maximum absolute atomic E-state index is 15.2. The van der Waals surface area contributed by atoms with Crippen LogP contribution in [0.2, 0.25) is 0 Å². The lowest BCUT2D eigenvalue weighted by molar-refractivity contribution is 0.0124. The van der Waals surface area contributed by atoms with Crippen molar-refractivity contribution in [3.05, 3.63) is 54.7 Å². The van der Waals surface area contributed by atoms with Crippen molar-refractivity contribution in [2.45, 2.75) is 71.6 Å². The van der Waals surface area contributed by atoms with E-state index in [0.717, 1.165) is 4.68 Å². The van der Waals surface area contributed by atoms with Crippen LogP contribution in [0.15, 0.2) is 48.9 Å². The van der Waals surface area contributed by atoms with Crippen molar-refractivity contribution in [2.24, 2.45) is 0 Å². The zero-order chi connectivity index (χ0) is 33.2. The van der Waals surface area contributed by atoms with Gasteiger partial charge in [-0.05, 0) is 59.7 Å². The fourth-order valence-corrected chi connectivity index (χ4v) is 4.69. The van der Waals surface area contributed by atoms with Crippen LogP contribution in [0, 0.1) is 5.82 Å². The number of nitrogens with one attached hydrogen (secondary N) is 2. The van der Waals surface area contributed by atoms with Crippen molar-refractivity contribution in [3.63, 3.8) is 0 Å². The number of piperidine rings is 1. The summed E-state index contributed by atoms with van der Waals surface area (Å²) in [6.07, 6.45) is 3.25. The monoisotopic (exact) mass is 635 g/mol. The minimum Gasteiger partial charge on any atom is -0.504 e. The summed E-state index contributed by atoms with van der Waals surface area (Å²) >= 11 is 0. The molecule has 14 heteroatoms. The number of hydrogen-bond acceptors (Lipinski definition) is 10. The average molecular weight is 636 g/mol. The molecule has 2 aromatic carbocycles. The minimum absolute atomic E-state index is 0.0993. The highest BCUT2D eigenvalue weighted by Gasteiger charge is 2.28. The van der Waals surface area contributed by atoms with E-state index in [1.54, 1.807) is 17.0 Å². The predicted octanol–water partition coefficient (Wildman–Crippen LogP) is 6.34. The quantitative estimate of drug-likeness (QED) is 0.219. The van der Waals surface area contributed by atoms with Gasteiger partial charge in [0.15, 0.2) is 11.5 Å². The minimum atomic E-state index is -0.624. The van der Waals surface area contributed by atoms with E-state index in [4.69, 9.17) is 14.2 Å². The van der Waals surface area contributed by atoms with E-state index in [9.17, 15) is 14.7 Å². The number of phenols is 1. The third-order valence-electron chi connectivity index (χ3n) is 6.77.